The van der Waals surface area contributed by atoms with E-state index in [2.05, 4.69) is 0 Å². The van der Waals surface area contributed by atoms with Crippen LogP contribution in [0.15, 0.2) is 0 Å². The molecule has 0 aliphatic carbocycles. The summed E-state index contributed by atoms with van der Waals surface area (Å²) in [5.74, 6) is 0. The highest BCUT2D eigenvalue weighted by Gasteiger charge is 2.37. The lowest BCUT2D eigenvalue weighted by atomic mass is 9.80. The van der Waals surface area contributed by atoms with Gasteiger partial charge in [0.05, 0.1) is 12.2 Å². The van der Waals surface area contributed by atoms with Crippen molar-refractivity contribution >= 4 is 0 Å². The number of aliphatic hydroxyl groups excluding tert-OH is 4. The van der Waals surface area contributed by atoms with Crippen LogP contribution >= 0.6 is 0 Å². The molecule has 0 saturated carbocycles. The van der Waals surface area contributed by atoms with Crippen molar-refractivity contribution in [3.63, 3.8) is 0 Å². The van der Waals surface area contributed by atoms with Crippen LogP contribution in [0, 0.1) is 10.8 Å². The molecule has 4 N–H and O–H groups in total. The van der Waals surface area contributed by atoms with Crippen molar-refractivity contribution in [1.82, 2.24) is 0 Å². The lowest BCUT2D eigenvalue weighted by molar-refractivity contribution is -0.136. The largest absolute Gasteiger partial charge is 0.390 e. The molecule has 0 heterocycles. The lowest BCUT2D eigenvalue weighted by Crippen LogP contribution is -2.49. The number of hydrogen-bond donors (Lipinski definition) is 4. The molecule has 0 amide bonds. The summed E-state index contributed by atoms with van der Waals surface area (Å²) in [6.45, 7) is 11.1. The predicted molar refractivity (Wildman–Crippen MR) is 67.6 cm³/mol. The Labute approximate surface area is 104 Å². The van der Waals surface area contributed by atoms with Gasteiger partial charge in [0, 0.05) is 0 Å². The molecule has 0 saturated heterocycles. The van der Waals surface area contributed by atoms with E-state index in [1.54, 1.807) is 20.8 Å². The molecular formula is C13H28O4. The SMILES string of the molecule is CC(C)(C)C[C@H](O)[C@@H](O)[C@@H](O)[C@H](O)C(C)(C)C. The van der Waals surface area contributed by atoms with E-state index in [0.29, 0.717) is 6.42 Å². The third kappa shape index (κ3) is 5.82. The molecule has 0 rings (SSSR count). The van der Waals surface area contributed by atoms with Crippen molar-refractivity contribution in [1.29, 1.82) is 0 Å². The second-order valence-corrected chi connectivity index (χ2v) is 7.12. The minimum Gasteiger partial charge on any atom is -0.390 e. The van der Waals surface area contributed by atoms with E-state index in [9.17, 15) is 20.4 Å². The van der Waals surface area contributed by atoms with Crippen LogP contribution in [0.4, 0.5) is 0 Å². The molecule has 0 unspecified atom stereocenters. The molecule has 0 fully saturated rings. The predicted octanol–water partition coefficient (Wildman–Crippen LogP) is 0.912. The maximum Gasteiger partial charge on any atom is 0.109 e. The van der Waals surface area contributed by atoms with E-state index >= 15 is 0 Å². The zero-order valence-corrected chi connectivity index (χ0v) is 11.8. The summed E-state index contributed by atoms with van der Waals surface area (Å²) >= 11 is 0. The molecule has 17 heavy (non-hydrogen) atoms. The Morgan fingerprint density at radius 3 is 1.47 bits per heavy atom. The van der Waals surface area contributed by atoms with Gasteiger partial charge in [-0.2, -0.15) is 0 Å². The maximum atomic E-state index is 9.85. The van der Waals surface area contributed by atoms with Crippen LogP contribution in [0.25, 0.3) is 0 Å². The highest BCUT2D eigenvalue weighted by atomic mass is 16.4. The minimum absolute atomic E-state index is 0.146. The average molecular weight is 248 g/mol. The molecule has 0 radical (unpaired) electrons. The maximum absolute atomic E-state index is 9.85. The topological polar surface area (TPSA) is 80.9 Å². The standard InChI is InChI=1S/C13H28O4/c1-12(2,3)7-8(14)9(15)10(16)11(17)13(4,5)6/h8-11,14-17H,7H2,1-6H3/t8-,9+,10+,11-/m0/s1. The zero-order valence-electron chi connectivity index (χ0n) is 11.8. The van der Waals surface area contributed by atoms with E-state index in [0.717, 1.165) is 0 Å². The fraction of sp³-hybridized carbons (Fsp3) is 1.00. The summed E-state index contributed by atoms with van der Waals surface area (Å²) in [5.41, 5.74) is -0.686. The third-order valence-corrected chi connectivity index (χ3v) is 2.78. The summed E-state index contributed by atoms with van der Waals surface area (Å²) in [4.78, 5) is 0. The Bertz CT molecular complexity index is 227. The first kappa shape index (κ1) is 16.8. The van der Waals surface area contributed by atoms with Crippen molar-refractivity contribution in [3.05, 3.63) is 0 Å². The lowest BCUT2D eigenvalue weighted by Gasteiger charge is -2.35. The first-order chi connectivity index (χ1) is 7.36. The smallest absolute Gasteiger partial charge is 0.109 e. The summed E-state index contributed by atoms with van der Waals surface area (Å²) in [6.07, 6.45) is -4.42. The van der Waals surface area contributed by atoms with Gasteiger partial charge in [-0.25, -0.2) is 0 Å². The van der Waals surface area contributed by atoms with Crippen molar-refractivity contribution in [2.24, 2.45) is 10.8 Å². The summed E-state index contributed by atoms with van der Waals surface area (Å²) in [6, 6.07) is 0. The van der Waals surface area contributed by atoms with Crippen LogP contribution in [0.5, 0.6) is 0 Å². The van der Waals surface area contributed by atoms with Crippen LogP contribution in [0.3, 0.4) is 0 Å². The fourth-order valence-corrected chi connectivity index (χ4v) is 1.67. The third-order valence-electron chi connectivity index (χ3n) is 2.78. The van der Waals surface area contributed by atoms with E-state index in [-0.39, 0.29) is 5.41 Å². The first-order valence-electron chi connectivity index (χ1n) is 6.08. The van der Waals surface area contributed by atoms with E-state index < -0.39 is 29.8 Å². The van der Waals surface area contributed by atoms with Crippen molar-refractivity contribution in [2.75, 3.05) is 0 Å². The van der Waals surface area contributed by atoms with Gasteiger partial charge in [-0.1, -0.05) is 41.5 Å². The Hall–Kier alpha value is -0.160. The molecule has 4 heteroatoms. The van der Waals surface area contributed by atoms with Crippen molar-refractivity contribution < 1.29 is 20.4 Å². The molecule has 0 bridgehead atoms. The first-order valence-corrected chi connectivity index (χ1v) is 6.08. The van der Waals surface area contributed by atoms with Crippen LogP contribution in [0.1, 0.15) is 48.0 Å². The summed E-state index contributed by atoms with van der Waals surface area (Å²) < 4.78 is 0. The van der Waals surface area contributed by atoms with Gasteiger partial charge in [-0.15, -0.1) is 0 Å². The highest BCUT2D eigenvalue weighted by molar-refractivity contribution is 4.88. The minimum atomic E-state index is -1.34. The van der Waals surface area contributed by atoms with Crippen LogP contribution in [-0.2, 0) is 0 Å². The number of hydrogen-bond acceptors (Lipinski definition) is 4. The summed E-state index contributed by atoms with van der Waals surface area (Å²) in [5, 5.41) is 39.3. The van der Waals surface area contributed by atoms with Gasteiger partial charge in [0.1, 0.15) is 12.2 Å². The van der Waals surface area contributed by atoms with Gasteiger partial charge in [-0.3, -0.25) is 0 Å². The Morgan fingerprint density at radius 1 is 0.765 bits per heavy atom. The van der Waals surface area contributed by atoms with Crippen molar-refractivity contribution in [3.8, 4) is 0 Å². The molecule has 0 aromatic rings. The summed E-state index contributed by atoms with van der Waals surface area (Å²) in [7, 11) is 0. The average Bonchev–Trinajstić information content (AvgIpc) is 2.10. The van der Waals surface area contributed by atoms with Gasteiger partial charge in [0.15, 0.2) is 0 Å². The molecule has 104 valence electrons. The fourth-order valence-electron chi connectivity index (χ4n) is 1.67. The highest BCUT2D eigenvalue weighted by Crippen LogP contribution is 2.27. The molecule has 0 aliphatic rings. The van der Waals surface area contributed by atoms with Gasteiger partial charge in [0.2, 0.25) is 0 Å². The molecule has 0 aromatic heterocycles. The van der Waals surface area contributed by atoms with Gasteiger partial charge < -0.3 is 20.4 Å². The molecule has 4 nitrogen and oxygen atoms in total. The Balaban J connectivity index is 4.55. The second kappa shape index (κ2) is 5.65. The van der Waals surface area contributed by atoms with Gasteiger partial charge in [0.25, 0.3) is 0 Å². The van der Waals surface area contributed by atoms with Crippen LogP contribution in [-0.4, -0.2) is 44.8 Å². The molecule has 4 atom stereocenters. The number of aliphatic hydroxyl groups is 4. The normalized spacial score (nSPS) is 20.8. The second-order valence-electron chi connectivity index (χ2n) is 7.12. The molecular weight excluding hydrogens is 220 g/mol. The van der Waals surface area contributed by atoms with E-state index in [1.165, 1.54) is 0 Å². The van der Waals surface area contributed by atoms with E-state index in [4.69, 9.17) is 0 Å². The van der Waals surface area contributed by atoms with Gasteiger partial charge >= 0.3 is 0 Å². The monoisotopic (exact) mass is 248 g/mol. The zero-order chi connectivity index (χ0) is 14.0. The van der Waals surface area contributed by atoms with Crippen molar-refractivity contribution in [2.45, 2.75) is 72.4 Å². The molecule has 0 spiro atoms. The van der Waals surface area contributed by atoms with E-state index in [1.807, 2.05) is 20.8 Å². The number of rotatable bonds is 4. The molecule has 0 aromatic carbocycles. The Morgan fingerprint density at radius 2 is 1.18 bits per heavy atom. The quantitative estimate of drug-likeness (QED) is 0.596. The Kier molecular flexibility index (Phi) is 5.60. The molecule has 0 aliphatic heterocycles. The van der Waals surface area contributed by atoms with Crippen LogP contribution < -0.4 is 0 Å². The van der Waals surface area contributed by atoms with Gasteiger partial charge in [-0.05, 0) is 17.3 Å². The van der Waals surface area contributed by atoms with Crippen LogP contribution in [0.2, 0.25) is 0 Å².